The van der Waals surface area contributed by atoms with Gasteiger partial charge in [0.1, 0.15) is 6.61 Å². The van der Waals surface area contributed by atoms with E-state index < -0.39 is 17.3 Å². The van der Waals surface area contributed by atoms with Crippen LogP contribution < -0.4 is 10.5 Å². The second-order valence-electron chi connectivity index (χ2n) is 6.92. The first-order chi connectivity index (χ1) is 12.7. The number of carbonyl (C=O) groups is 1. The summed E-state index contributed by atoms with van der Waals surface area (Å²) in [5.41, 5.74) is -0.991. The first-order valence-electron chi connectivity index (χ1n) is 8.83. The number of benzene rings is 1. The molecule has 1 fully saturated rings. The Labute approximate surface area is 154 Å². The average Bonchev–Trinajstić information content (AvgIpc) is 2.58. The van der Waals surface area contributed by atoms with Crippen LogP contribution in [0.2, 0.25) is 0 Å². The summed E-state index contributed by atoms with van der Waals surface area (Å²) in [4.78, 5) is 27.2. The molecule has 2 atom stereocenters. The van der Waals surface area contributed by atoms with Crippen LogP contribution in [0.25, 0.3) is 10.9 Å². The normalized spacial score (nSPS) is 20.7. The van der Waals surface area contributed by atoms with E-state index in [1.54, 1.807) is 6.07 Å². The fraction of sp³-hybridized carbons (Fsp3) is 0.474. The van der Waals surface area contributed by atoms with E-state index in [0.717, 1.165) is 19.3 Å². The number of halogens is 3. The lowest BCUT2D eigenvalue weighted by Crippen LogP contribution is -2.48. The van der Waals surface area contributed by atoms with Crippen molar-refractivity contribution in [2.24, 2.45) is 0 Å². The zero-order valence-electron chi connectivity index (χ0n) is 15.1. The summed E-state index contributed by atoms with van der Waals surface area (Å²) >= 11 is 0. The third-order valence-electron chi connectivity index (χ3n) is 4.94. The smallest absolute Gasteiger partial charge is 0.417 e. The predicted molar refractivity (Wildman–Crippen MR) is 95.8 cm³/mol. The Kier molecular flexibility index (Phi) is 5.17. The van der Waals surface area contributed by atoms with Crippen LogP contribution >= 0.6 is 0 Å². The Bertz CT molecular complexity index is 907. The maximum Gasteiger partial charge on any atom is 0.417 e. The average molecular weight is 382 g/mol. The molecular weight excluding hydrogens is 361 g/mol. The van der Waals surface area contributed by atoms with Gasteiger partial charge in [0.15, 0.2) is 0 Å². The van der Waals surface area contributed by atoms with Crippen molar-refractivity contribution in [3.8, 4) is 0 Å². The number of nitrogens with zero attached hydrogens (tertiary/aromatic N) is 1. The van der Waals surface area contributed by atoms with Crippen LogP contribution in [0.1, 0.15) is 38.7 Å². The number of pyridine rings is 1. The van der Waals surface area contributed by atoms with Gasteiger partial charge in [0.05, 0.1) is 11.6 Å². The molecule has 1 aliphatic heterocycles. The molecule has 0 radical (unpaired) electrons. The first-order valence-corrected chi connectivity index (χ1v) is 8.83. The molecule has 0 aliphatic carbocycles. The Morgan fingerprint density at radius 3 is 2.70 bits per heavy atom. The minimum Gasteiger partial charge on any atom is -0.464 e. The molecule has 5 nitrogen and oxygen atoms in total. The third kappa shape index (κ3) is 4.09. The Balaban J connectivity index is 2.07. The van der Waals surface area contributed by atoms with E-state index in [-0.39, 0.29) is 35.6 Å². The molecule has 1 aromatic heterocycles. The monoisotopic (exact) mass is 382 g/mol. The molecule has 1 N–H and O–H groups in total. The predicted octanol–water partition coefficient (Wildman–Crippen LogP) is 3.86. The summed E-state index contributed by atoms with van der Waals surface area (Å²) in [6, 6.07) is 5.21. The highest BCUT2D eigenvalue weighted by Gasteiger charge is 2.34. The Morgan fingerprint density at radius 2 is 2.04 bits per heavy atom. The molecule has 2 heterocycles. The Morgan fingerprint density at radius 1 is 1.30 bits per heavy atom. The van der Waals surface area contributed by atoms with E-state index in [0.29, 0.717) is 11.8 Å². The van der Waals surface area contributed by atoms with Gasteiger partial charge in [-0.05, 0) is 44.4 Å². The number of aromatic nitrogens is 1. The molecule has 0 bridgehead atoms. The summed E-state index contributed by atoms with van der Waals surface area (Å²) in [7, 11) is 0. The largest absolute Gasteiger partial charge is 0.464 e. The van der Waals surface area contributed by atoms with Crippen LogP contribution in [0.3, 0.4) is 0 Å². The molecule has 27 heavy (non-hydrogen) atoms. The van der Waals surface area contributed by atoms with E-state index in [9.17, 15) is 22.8 Å². The van der Waals surface area contributed by atoms with Gasteiger partial charge >= 0.3 is 12.1 Å². The fourth-order valence-electron chi connectivity index (χ4n) is 3.77. The van der Waals surface area contributed by atoms with Gasteiger partial charge in [-0.2, -0.15) is 13.2 Å². The molecule has 1 aromatic carbocycles. The number of nitrogens with one attached hydrogen (secondary N) is 1. The number of H-pyrrole nitrogens is 1. The number of esters is 1. The summed E-state index contributed by atoms with van der Waals surface area (Å²) in [5, 5.41) is -0.0522. The van der Waals surface area contributed by atoms with Gasteiger partial charge in [-0.25, -0.2) is 0 Å². The summed E-state index contributed by atoms with van der Waals surface area (Å²) in [6.45, 7) is 3.52. The van der Waals surface area contributed by atoms with Gasteiger partial charge in [0.25, 0.3) is 0 Å². The molecule has 1 saturated heterocycles. The molecule has 8 heteroatoms. The van der Waals surface area contributed by atoms with Crippen LogP contribution in [0.5, 0.6) is 0 Å². The fourth-order valence-corrected chi connectivity index (χ4v) is 3.77. The lowest BCUT2D eigenvalue weighted by Gasteiger charge is -2.42. The van der Waals surface area contributed by atoms with Crippen molar-refractivity contribution in [1.82, 2.24) is 4.98 Å². The third-order valence-corrected chi connectivity index (χ3v) is 4.94. The Hall–Kier alpha value is -2.51. The molecule has 0 amide bonds. The quantitative estimate of drug-likeness (QED) is 0.819. The molecule has 0 saturated carbocycles. The van der Waals surface area contributed by atoms with E-state index in [1.807, 2.05) is 11.8 Å². The number of rotatable bonds is 3. The highest BCUT2D eigenvalue weighted by molar-refractivity contribution is 5.86. The number of fused-ring (bicyclic) bond motifs is 1. The van der Waals surface area contributed by atoms with E-state index in [4.69, 9.17) is 4.74 Å². The zero-order valence-corrected chi connectivity index (χ0v) is 15.1. The maximum absolute atomic E-state index is 13.4. The number of ether oxygens (including phenoxy) is 1. The van der Waals surface area contributed by atoms with Gasteiger partial charge in [-0.15, -0.1) is 0 Å². The van der Waals surface area contributed by atoms with Crippen molar-refractivity contribution >= 4 is 22.6 Å². The van der Waals surface area contributed by atoms with Gasteiger partial charge < -0.3 is 14.6 Å². The molecule has 0 spiro atoms. The second-order valence-corrected chi connectivity index (χ2v) is 6.92. The lowest BCUT2D eigenvalue weighted by atomic mass is 9.95. The van der Waals surface area contributed by atoms with Crippen LogP contribution in [0.15, 0.2) is 29.1 Å². The van der Waals surface area contributed by atoms with Crippen LogP contribution in [0.4, 0.5) is 18.9 Å². The number of aromatic amines is 1. The standard InChI is InChI=1S/C19H21F3N2O3/c1-11-4-3-5-14(10-27-12(2)25)24(11)13-6-7-17-15(8-13)16(19(20,21)22)9-18(26)23-17/h6-9,11,14H,3-5,10H2,1-2H3,(H,23,26)/t11-,14-/m1/s1. The topological polar surface area (TPSA) is 62.4 Å². The number of piperidine rings is 1. The molecule has 146 valence electrons. The van der Waals surface area contributed by atoms with E-state index >= 15 is 0 Å². The first kappa shape index (κ1) is 19.3. The van der Waals surface area contributed by atoms with E-state index in [1.165, 1.54) is 19.1 Å². The second kappa shape index (κ2) is 7.25. The van der Waals surface area contributed by atoms with Crippen LogP contribution in [0, 0.1) is 0 Å². The highest BCUT2D eigenvalue weighted by Crippen LogP contribution is 2.36. The summed E-state index contributed by atoms with van der Waals surface area (Å²) in [6.07, 6.45) is -1.99. The van der Waals surface area contributed by atoms with Crippen molar-refractivity contribution in [1.29, 1.82) is 0 Å². The van der Waals surface area contributed by atoms with E-state index in [2.05, 4.69) is 4.98 Å². The van der Waals surface area contributed by atoms with Gasteiger partial charge in [0, 0.05) is 35.6 Å². The molecule has 1 aliphatic rings. The molecule has 2 aromatic rings. The number of alkyl halides is 3. The SMILES string of the molecule is CC(=O)OC[C@H]1CCC[C@@H](C)N1c1ccc2[nH]c(=O)cc(C(F)(F)F)c2c1. The summed E-state index contributed by atoms with van der Waals surface area (Å²) in [5.74, 6) is -0.386. The number of carbonyl (C=O) groups excluding carboxylic acids is 1. The summed E-state index contributed by atoms with van der Waals surface area (Å²) < 4.78 is 45.4. The van der Waals surface area contributed by atoms with Crippen LogP contribution in [-0.4, -0.2) is 29.6 Å². The minimum atomic E-state index is -4.63. The minimum absolute atomic E-state index is 0.0522. The lowest BCUT2D eigenvalue weighted by molar-refractivity contribution is -0.141. The molecule has 0 unspecified atom stereocenters. The van der Waals surface area contributed by atoms with Crippen LogP contribution in [-0.2, 0) is 15.7 Å². The zero-order chi connectivity index (χ0) is 19.8. The highest BCUT2D eigenvalue weighted by atomic mass is 19.4. The number of hydrogen-bond acceptors (Lipinski definition) is 4. The van der Waals surface area contributed by atoms with Gasteiger partial charge in [0.2, 0.25) is 5.56 Å². The maximum atomic E-state index is 13.4. The molecular formula is C19H21F3N2O3. The van der Waals surface area contributed by atoms with Crippen molar-refractivity contribution in [2.75, 3.05) is 11.5 Å². The number of hydrogen-bond donors (Lipinski definition) is 1. The van der Waals surface area contributed by atoms with Crippen molar-refractivity contribution in [2.45, 2.75) is 51.4 Å². The van der Waals surface area contributed by atoms with Crippen molar-refractivity contribution in [3.63, 3.8) is 0 Å². The van der Waals surface area contributed by atoms with Gasteiger partial charge in [-0.1, -0.05) is 0 Å². The number of anilines is 1. The van der Waals surface area contributed by atoms with Gasteiger partial charge in [-0.3, -0.25) is 9.59 Å². The molecule has 3 rings (SSSR count). The van der Waals surface area contributed by atoms with Crippen molar-refractivity contribution < 1.29 is 22.7 Å². The van der Waals surface area contributed by atoms with Crippen molar-refractivity contribution in [3.05, 3.63) is 40.2 Å².